The van der Waals surface area contributed by atoms with Gasteiger partial charge in [-0.25, -0.2) is 9.59 Å². The SMILES string of the molecule is CCOC(=O)c1c(C)[nH]c(C(=O)[C@@H](C)OC(=O)c2cccc(C)c2)c1C. The van der Waals surface area contributed by atoms with E-state index < -0.39 is 23.8 Å². The van der Waals surface area contributed by atoms with Gasteiger partial charge in [0.25, 0.3) is 0 Å². The van der Waals surface area contributed by atoms with Crippen molar-refractivity contribution in [3.8, 4) is 0 Å². The Hall–Kier alpha value is -2.89. The lowest BCUT2D eigenvalue weighted by atomic mass is 10.1. The van der Waals surface area contributed by atoms with Crippen molar-refractivity contribution in [3.05, 3.63) is 57.9 Å². The minimum absolute atomic E-state index is 0.245. The van der Waals surface area contributed by atoms with Gasteiger partial charge in [-0.05, 0) is 52.3 Å². The van der Waals surface area contributed by atoms with Gasteiger partial charge in [0.2, 0.25) is 5.78 Å². The summed E-state index contributed by atoms with van der Waals surface area (Å²) in [7, 11) is 0. The molecule has 1 heterocycles. The lowest BCUT2D eigenvalue weighted by Gasteiger charge is -2.12. The zero-order valence-electron chi connectivity index (χ0n) is 15.6. The van der Waals surface area contributed by atoms with Crippen molar-refractivity contribution in [2.45, 2.75) is 40.7 Å². The van der Waals surface area contributed by atoms with Crippen LogP contribution in [-0.4, -0.2) is 35.4 Å². The summed E-state index contributed by atoms with van der Waals surface area (Å²) in [6.07, 6.45) is -0.991. The molecule has 0 unspecified atom stereocenters. The summed E-state index contributed by atoms with van der Waals surface area (Å²) in [6.45, 7) is 8.70. The topological polar surface area (TPSA) is 85.5 Å². The van der Waals surface area contributed by atoms with Crippen molar-refractivity contribution in [2.24, 2.45) is 0 Å². The maximum Gasteiger partial charge on any atom is 0.340 e. The third kappa shape index (κ3) is 4.02. The second kappa shape index (κ2) is 7.99. The van der Waals surface area contributed by atoms with E-state index in [0.29, 0.717) is 22.4 Å². The van der Waals surface area contributed by atoms with Gasteiger partial charge in [0, 0.05) is 5.69 Å². The number of aromatic nitrogens is 1. The average molecular weight is 357 g/mol. The minimum Gasteiger partial charge on any atom is -0.462 e. The van der Waals surface area contributed by atoms with Gasteiger partial charge >= 0.3 is 11.9 Å². The smallest absolute Gasteiger partial charge is 0.340 e. The van der Waals surface area contributed by atoms with E-state index in [4.69, 9.17) is 9.47 Å². The van der Waals surface area contributed by atoms with Crippen LogP contribution in [0.1, 0.15) is 61.9 Å². The van der Waals surface area contributed by atoms with Gasteiger partial charge in [-0.1, -0.05) is 17.7 Å². The van der Waals surface area contributed by atoms with Crippen LogP contribution in [-0.2, 0) is 9.47 Å². The lowest BCUT2D eigenvalue weighted by Crippen LogP contribution is -2.25. The minimum atomic E-state index is -0.991. The molecule has 0 spiro atoms. The third-order valence-electron chi connectivity index (χ3n) is 4.07. The van der Waals surface area contributed by atoms with E-state index in [2.05, 4.69) is 4.98 Å². The van der Waals surface area contributed by atoms with Gasteiger partial charge in [0.05, 0.1) is 23.4 Å². The zero-order valence-corrected chi connectivity index (χ0v) is 15.6. The van der Waals surface area contributed by atoms with Crippen molar-refractivity contribution in [2.75, 3.05) is 6.61 Å². The van der Waals surface area contributed by atoms with Gasteiger partial charge in [-0.3, -0.25) is 4.79 Å². The first-order valence-electron chi connectivity index (χ1n) is 8.44. The van der Waals surface area contributed by atoms with Crippen LogP contribution in [0.3, 0.4) is 0 Å². The Morgan fingerprint density at radius 1 is 1.12 bits per heavy atom. The molecule has 1 aromatic carbocycles. The number of Topliss-reactive ketones (excluding diaryl/α,β-unsaturated/α-hetero) is 1. The molecule has 0 aliphatic rings. The van der Waals surface area contributed by atoms with Crippen LogP contribution in [0.25, 0.3) is 0 Å². The molecular formula is C20H23NO5. The van der Waals surface area contributed by atoms with E-state index in [1.807, 2.05) is 13.0 Å². The van der Waals surface area contributed by atoms with Crippen molar-refractivity contribution in [1.29, 1.82) is 0 Å². The predicted octanol–water partition coefficient (Wildman–Crippen LogP) is 3.54. The molecule has 0 radical (unpaired) electrons. The lowest BCUT2D eigenvalue weighted by molar-refractivity contribution is 0.0316. The quantitative estimate of drug-likeness (QED) is 0.631. The number of ether oxygens (including phenoxy) is 2. The van der Waals surface area contributed by atoms with E-state index in [1.165, 1.54) is 6.92 Å². The largest absolute Gasteiger partial charge is 0.462 e. The second-order valence-corrected chi connectivity index (χ2v) is 6.13. The molecule has 1 atom stereocenters. The van der Waals surface area contributed by atoms with Gasteiger partial charge in [-0.15, -0.1) is 0 Å². The van der Waals surface area contributed by atoms with Crippen LogP contribution in [0.4, 0.5) is 0 Å². The Labute approximate surface area is 152 Å². The number of carbonyl (C=O) groups excluding carboxylic acids is 3. The summed E-state index contributed by atoms with van der Waals surface area (Å²) in [5.74, 6) is -1.45. The number of hydrogen-bond acceptors (Lipinski definition) is 5. The molecule has 0 fully saturated rings. The van der Waals surface area contributed by atoms with Gasteiger partial charge in [0.1, 0.15) is 0 Å². The number of rotatable bonds is 6. The number of hydrogen-bond donors (Lipinski definition) is 1. The highest BCUT2D eigenvalue weighted by Gasteiger charge is 2.27. The van der Waals surface area contributed by atoms with E-state index >= 15 is 0 Å². The number of carbonyl (C=O) groups is 3. The summed E-state index contributed by atoms with van der Waals surface area (Å²) in [6, 6.07) is 6.95. The zero-order chi connectivity index (χ0) is 19.4. The second-order valence-electron chi connectivity index (χ2n) is 6.13. The number of ketones is 1. The van der Waals surface area contributed by atoms with Crippen molar-refractivity contribution < 1.29 is 23.9 Å². The molecule has 2 rings (SSSR count). The molecule has 138 valence electrons. The molecule has 6 heteroatoms. The van der Waals surface area contributed by atoms with Crippen LogP contribution in [0, 0.1) is 20.8 Å². The summed E-state index contributed by atoms with van der Waals surface area (Å²) < 4.78 is 10.3. The van der Waals surface area contributed by atoms with E-state index in [-0.39, 0.29) is 12.3 Å². The summed E-state index contributed by atoms with van der Waals surface area (Å²) in [5, 5.41) is 0. The molecule has 0 aliphatic heterocycles. The Kier molecular flexibility index (Phi) is 5.97. The maximum atomic E-state index is 12.7. The predicted molar refractivity (Wildman–Crippen MR) is 96.6 cm³/mol. The number of H-pyrrole nitrogens is 1. The van der Waals surface area contributed by atoms with Crippen LogP contribution in [0.5, 0.6) is 0 Å². The van der Waals surface area contributed by atoms with E-state index in [0.717, 1.165) is 5.56 Å². The highest BCUT2D eigenvalue weighted by molar-refractivity contribution is 6.04. The first-order valence-corrected chi connectivity index (χ1v) is 8.44. The first kappa shape index (κ1) is 19.4. The van der Waals surface area contributed by atoms with Crippen LogP contribution < -0.4 is 0 Å². The average Bonchev–Trinajstić information content (AvgIpc) is 2.88. The molecule has 26 heavy (non-hydrogen) atoms. The Morgan fingerprint density at radius 2 is 1.81 bits per heavy atom. The number of aryl methyl sites for hydroxylation is 2. The Balaban J connectivity index is 2.19. The molecule has 0 bridgehead atoms. The summed E-state index contributed by atoms with van der Waals surface area (Å²) in [4.78, 5) is 39.9. The van der Waals surface area contributed by atoms with Crippen LogP contribution >= 0.6 is 0 Å². The normalized spacial score (nSPS) is 11.7. The van der Waals surface area contributed by atoms with Gasteiger partial charge in [-0.2, -0.15) is 0 Å². The maximum absolute atomic E-state index is 12.7. The van der Waals surface area contributed by atoms with Crippen molar-refractivity contribution >= 4 is 17.7 Å². The third-order valence-corrected chi connectivity index (χ3v) is 4.07. The Bertz CT molecular complexity index is 850. The molecular weight excluding hydrogens is 334 g/mol. The van der Waals surface area contributed by atoms with Crippen molar-refractivity contribution in [1.82, 2.24) is 4.98 Å². The van der Waals surface area contributed by atoms with Crippen LogP contribution in [0.2, 0.25) is 0 Å². The highest BCUT2D eigenvalue weighted by Crippen LogP contribution is 2.21. The molecule has 0 saturated heterocycles. The first-order chi connectivity index (χ1) is 12.3. The molecule has 0 saturated carbocycles. The Morgan fingerprint density at radius 3 is 2.42 bits per heavy atom. The summed E-state index contributed by atoms with van der Waals surface area (Å²) >= 11 is 0. The molecule has 0 aliphatic carbocycles. The van der Waals surface area contributed by atoms with Gasteiger partial charge < -0.3 is 14.5 Å². The standard InChI is InChI=1S/C20H23NO5/c1-6-25-20(24)16-12(3)17(21-13(16)4)18(22)14(5)26-19(23)15-9-7-8-11(2)10-15/h7-10,14,21H,6H2,1-5H3/t14-/m1/s1. The fourth-order valence-electron chi connectivity index (χ4n) is 2.76. The molecule has 0 amide bonds. The molecule has 1 N–H and O–H groups in total. The molecule has 1 aromatic heterocycles. The number of benzene rings is 1. The van der Waals surface area contributed by atoms with E-state index in [9.17, 15) is 14.4 Å². The highest BCUT2D eigenvalue weighted by atomic mass is 16.5. The number of nitrogens with one attached hydrogen (secondary N) is 1. The fraction of sp³-hybridized carbons (Fsp3) is 0.350. The molecule has 2 aromatic rings. The summed E-state index contributed by atoms with van der Waals surface area (Å²) in [5.41, 5.74) is 2.93. The van der Waals surface area contributed by atoms with Gasteiger partial charge in [0.15, 0.2) is 6.10 Å². The monoisotopic (exact) mass is 357 g/mol. The fourth-order valence-corrected chi connectivity index (χ4v) is 2.76. The van der Waals surface area contributed by atoms with Crippen molar-refractivity contribution in [3.63, 3.8) is 0 Å². The van der Waals surface area contributed by atoms with Crippen LogP contribution in [0.15, 0.2) is 24.3 Å². The molecule has 6 nitrogen and oxygen atoms in total. The number of aromatic amines is 1. The number of esters is 2. The van der Waals surface area contributed by atoms with E-state index in [1.54, 1.807) is 39.0 Å².